The number of carbonyl (C=O) groups is 2. The molecule has 0 aliphatic carbocycles. The molecule has 1 aromatic heterocycles. The molecule has 0 radical (unpaired) electrons. The number of thiophene rings is 1. The van der Waals surface area contributed by atoms with Crippen LogP contribution in [0.4, 0.5) is 5.69 Å². The number of fused-ring (bicyclic) bond motifs is 1. The average Bonchev–Trinajstić information content (AvgIpc) is 3.38. The molecule has 2 amide bonds. The maximum absolute atomic E-state index is 12.3. The van der Waals surface area contributed by atoms with E-state index in [0.717, 1.165) is 5.56 Å². The predicted molar refractivity (Wildman–Crippen MR) is 102 cm³/mol. The Labute approximate surface area is 159 Å². The minimum Gasteiger partial charge on any atom is -0.454 e. The molecule has 3 aromatic rings. The van der Waals surface area contributed by atoms with Gasteiger partial charge in [-0.15, -0.1) is 11.3 Å². The van der Waals surface area contributed by atoms with Crippen LogP contribution >= 0.6 is 11.3 Å². The Balaban J connectivity index is 1.34. The Hall–Kier alpha value is -3.32. The van der Waals surface area contributed by atoms with Gasteiger partial charge in [0.15, 0.2) is 11.5 Å². The summed E-state index contributed by atoms with van der Waals surface area (Å²) in [6.45, 7) is 0.604. The van der Waals surface area contributed by atoms with Crippen molar-refractivity contribution in [3.63, 3.8) is 0 Å². The topological polar surface area (TPSA) is 76.7 Å². The molecule has 6 nitrogen and oxygen atoms in total. The maximum Gasteiger partial charge on any atom is 0.265 e. The maximum atomic E-state index is 12.3. The van der Waals surface area contributed by atoms with Crippen molar-refractivity contribution in [2.24, 2.45) is 0 Å². The molecule has 27 heavy (non-hydrogen) atoms. The van der Waals surface area contributed by atoms with Crippen LogP contribution in [-0.4, -0.2) is 18.6 Å². The molecule has 0 spiro atoms. The largest absolute Gasteiger partial charge is 0.454 e. The molecule has 0 saturated heterocycles. The van der Waals surface area contributed by atoms with E-state index < -0.39 is 0 Å². The summed E-state index contributed by atoms with van der Waals surface area (Å²) in [4.78, 5) is 25.0. The van der Waals surface area contributed by atoms with Gasteiger partial charge in [0.05, 0.1) is 4.88 Å². The third-order valence-electron chi connectivity index (χ3n) is 4.04. The highest BCUT2D eigenvalue weighted by atomic mass is 32.1. The van der Waals surface area contributed by atoms with E-state index in [2.05, 4.69) is 10.6 Å². The highest BCUT2D eigenvalue weighted by Gasteiger charge is 2.14. The zero-order valence-electron chi connectivity index (χ0n) is 14.2. The Morgan fingerprint density at radius 2 is 1.78 bits per heavy atom. The van der Waals surface area contributed by atoms with Crippen LogP contribution < -0.4 is 20.1 Å². The normalized spacial score (nSPS) is 11.9. The van der Waals surface area contributed by atoms with Crippen LogP contribution in [0.5, 0.6) is 11.5 Å². The van der Waals surface area contributed by atoms with Gasteiger partial charge in [0.2, 0.25) is 6.79 Å². The Kier molecular flexibility index (Phi) is 4.76. The fourth-order valence-corrected chi connectivity index (χ4v) is 3.26. The summed E-state index contributed by atoms with van der Waals surface area (Å²) in [5.41, 5.74) is 2.08. The predicted octanol–water partition coefficient (Wildman–Crippen LogP) is 3.66. The van der Waals surface area contributed by atoms with E-state index in [-0.39, 0.29) is 18.6 Å². The van der Waals surface area contributed by atoms with Crippen LogP contribution in [0.1, 0.15) is 25.6 Å². The molecule has 0 unspecified atom stereocenters. The standard InChI is InChI=1S/C20H16N2O4S/c23-19(21-11-13-3-8-16-17(10-13)26-12-25-16)14-4-6-15(7-5-14)22-20(24)18-2-1-9-27-18/h1-10H,11-12H2,(H,21,23)(H,22,24). The van der Waals surface area contributed by atoms with E-state index in [0.29, 0.717) is 34.2 Å². The number of carbonyl (C=O) groups excluding carboxylic acids is 2. The molecule has 136 valence electrons. The van der Waals surface area contributed by atoms with Crippen molar-refractivity contribution >= 4 is 28.8 Å². The van der Waals surface area contributed by atoms with E-state index in [9.17, 15) is 9.59 Å². The molecule has 7 heteroatoms. The minimum atomic E-state index is -0.191. The van der Waals surface area contributed by atoms with Gasteiger partial charge in [0.25, 0.3) is 11.8 Å². The molecule has 2 heterocycles. The number of rotatable bonds is 5. The summed E-state index contributed by atoms with van der Waals surface area (Å²) in [6, 6.07) is 15.9. The van der Waals surface area contributed by atoms with E-state index in [4.69, 9.17) is 9.47 Å². The molecule has 4 rings (SSSR count). The van der Waals surface area contributed by atoms with Crippen LogP contribution in [-0.2, 0) is 6.54 Å². The van der Waals surface area contributed by atoms with E-state index >= 15 is 0 Å². The molecule has 2 aromatic carbocycles. The van der Waals surface area contributed by atoms with Crippen molar-refractivity contribution in [3.05, 3.63) is 76.0 Å². The Morgan fingerprint density at radius 3 is 2.56 bits per heavy atom. The van der Waals surface area contributed by atoms with Gasteiger partial charge in [-0.2, -0.15) is 0 Å². The van der Waals surface area contributed by atoms with Crippen molar-refractivity contribution < 1.29 is 19.1 Å². The number of anilines is 1. The molecule has 0 fully saturated rings. The fourth-order valence-electron chi connectivity index (χ4n) is 2.64. The number of hydrogen-bond acceptors (Lipinski definition) is 5. The molecule has 0 bridgehead atoms. The lowest BCUT2D eigenvalue weighted by Gasteiger charge is -2.08. The molecular weight excluding hydrogens is 364 g/mol. The first-order valence-corrected chi connectivity index (χ1v) is 9.19. The number of ether oxygens (including phenoxy) is 2. The van der Waals surface area contributed by atoms with Gasteiger partial charge in [-0.05, 0) is 53.4 Å². The van der Waals surface area contributed by atoms with Gasteiger partial charge >= 0.3 is 0 Å². The quantitative estimate of drug-likeness (QED) is 0.708. The third-order valence-corrected chi connectivity index (χ3v) is 4.91. The van der Waals surface area contributed by atoms with Gasteiger partial charge in [0, 0.05) is 17.8 Å². The van der Waals surface area contributed by atoms with Crippen LogP contribution in [0.2, 0.25) is 0 Å². The van der Waals surface area contributed by atoms with Crippen molar-refractivity contribution in [3.8, 4) is 11.5 Å². The van der Waals surface area contributed by atoms with E-state index in [1.54, 1.807) is 30.3 Å². The molecule has 0 saturated carbocycles. The third kappa shape index (κ3) is 3.93. The van der Waals surface area contributed by atoms with Crippen molar-refractivity contribution in [2.75, 3.05) is 12.1 Å². The lowest BCUT2D eigenvalue weighted by molar-refractivity contribution is 0.0950. The highest BCUT2D eigenvalue weighted by molar-refractivity contribution is 7.12. The highest BCUT2D eigenvalue weighted by Crippen LogP contribution is 2.32. The molecule has 1 aliphatic rings. The van der Waals surface area contributed by atoms with Gasteiger partial charge < -0.3 is 20.1 Å². The number of nitrogens with one attached hydrogen (secondary N) is 2. The first kappa shape index (κ1) is 17.1. The number of hydrogen-bond donors (Lipinski definition) is 2. The average molecular weight is 380 g/mol. The van der Waals surface area contributed by atoms with Crippen molar-refractivity contribution in [1.82, 2.24) is 5.32 Å². The summed E-state index contributed by atoms with van der Waals surface area (Å²) in [6.07, 6.45) is 0. The Morgan fingerprint density at radius 1 is 0.963 bits per heavy atom. The second-order valence-electron chi connectivity index (χ2n) is 5.88. The van der Waals surface area contributed by atoms with Crippen LogP contribution in [0.15, 0.2) is 60.0 Å². The summed E-state index contributed by atoms with van der Waals surface area (Å²) in [5.74, 6) is 1.05. The smallest absolute Gasteiger partial charge is 0.265 e. The summed E-state index contributed by atoms with van der Waals surface area (Å²) in [5, 5.41) is 7.52. The zero-order valence-corrected chi connectivity index (χ0v) is 15.0. The Bertz CT molecular complexity index is 968. The molecule has 1 aliphatic heterocycles. The number of amides is 2. The van der Waals surface area contributed by atoms with E-state index in [1.807, 2.05) is 29.6 Å². The first-order valence-electron chi connectivity index (χ1n) is 8.31. The summed E-state index contributed by atoms with van der Waals surface area (Å²) < 4.78 is 10.6. The van der Waals surface area contributed by atoms with Crippen LogP contribution in [0, 0.1) is 0 Å². The minimum absolute atomic E-state index is 0.162. The summed E-state index contributed by atoms with van der Waals surface area (Å²) in [7, 11) is 0. The van der Waals surface area contributed by atoms with E-state index in [1.165, 1.54) is 11.3 Å². The lowest BCUT2D eigenvalue weighted by Crippen LogP contribution is -2.22. The molecular formula is C20H16N2O4S. The second-order valence-corrected chi connectivity index (χ2v) is 6.83. The monoisotopic (exact) mass is 380 g/mol. The van der Waals surface area contributed by atoms with Gasteiger partial charge in [0.1, 0.15) is 0 Å². The second kappa shape index (κ2) is 7.51. The molecule has 0 atom stereocenters. The summed E-state index contributed by atoms with van der Waals surface area (Å²) >= 11 is 1.38. The van der Waals surface area contributed by atoms with Crippen molar-refractivity contribution in [1.29, 1.82) is 0 Å². The van der Waals surface area contributed by atoms with Crippen LogP contribution in [0.3, 0.4) is 0 Å². The zero-order chi connectivity index (χ0) is 18.6. The lowest BCUT2D eigenvalue weighted by atomic mass is 10.1. The first-order chi connectivity index (χ1) is 13.2. The molecule has 2 N–H and O–H groups in total. The van der Waals surface area contributed by atoms with Gasteiger partial charge in [-0.3, -0.25) is 9.59 Å². The van der Waals surface area contributed by atoms with Gasteiger partial charge in [-0.1, -0.05) is 12.1 Å². The van der Waals surface area contributed by atoms with Crippen molar-refractivity contribution in [2.45, 2.75) is 6.54 Å². The SMILES string of the molecule is O=C(NCc1ccc2c(c1)OCO2)c1ccc(NC(=O)c2cccs2)cc1. The van der Waals surface area contributed by atoms with Gasteiger partial charge in [-0.25, -0.2) is 0 Å². The number of benzene rings is 2. The van der Waals surface area contributed by atoms with Crippen LogP contribution in [0.25, 0.3) is 0 Å². The fraction of sp³-hybridized carbons (Fsp3) is 0.100.